The van der Waals surface area contributed by atoms with Gasteiger partial charge in [0.05, 0.1) is 0 Å². The van der Waals surface area contributed by atoms with E-state index in [2.05, 4.69) is 0 Å². The first-order valence-electron chi connectivity index (χ1n) is 3.24. The van der Waals surface area contributed by atoms with Gasteiger partial charge < -0.3 is 5.73 Å². The zero-order valence-electron chi connectivity index (χ0n) is 6.70. The van der Waals surface area contributed by atoms with Crippen molar-refractivity contribution in [3.05, 3.63) is 39.0 Å². The smallest absolute Gasteiger partial charge is 0.0452 e. The number of hydrogen-bond acceptors (Lipinski definition) is 0. The molecule has 0 aromatic heterocycles. The molecule has 63 valence electrons. The van der Waals surface area contributed by atoms with Crippen LogP contribution in [0.25, 0.3) is 5.73 Å². The van der Waals surface area contributed by atoms with Crippen molar-refractivity contribution in [3.8, 4) is 0 Å². The Hall–Kier alpha value is 1.20. The van der Waals surface area contributed by atoms with Crippen LogP contribution in [0.3, 0.4) is 0 Å². The fraction of sp³-hybridized carbons (Fsp3) is 0.250. The molecule has 0 amide bonds. The third-order valence-electron chi connectivity index (χ3n) is 1.54. The maximum Gasteiger partial charge on any atom is 0.0452 e. The Morgan fingerprint density at radius 1 is 1.25 bits per heavy atom. The summed E-state index contributed by atoms with van der Waals surface area (Å²) in [5, 5.41) is 1.28. The van der Waals surface area contributed by atoms with Crippen LogP contribution in [-0.2, 0) is 6.54 Å². The number of benzene rings is 1. The van der Waals surface area contributed by atoms with E-state index in [1.54, 1.807) is 12.1 Å². The molecule has 0 saturated carbocycles. The molecule has 4 heteroatoms. The molecule has 0 aliphatic carbocycles. The summed E-state index contributed by atoms with van der Waals surface area (Å²) in [7, 11) is 0. The Balaban J connectivity index is 0.00000121. The Labute approximate surface area is 118 Å². The molecule has 1 N–H and O–H groups in total. The summed E-state index contributed by atoms with van der Waals surface area (Å²) < 4.78 is 0. The van der Waals surface area contributed by atoms with Crippen LogP contribution < -0.4 is 0 Å². The molecule has 1 aromatic carbocycles. The molecule has 0 aliphatic rings. The van der Waals surface area contributed by atoms with Crippen molar-refractivity contribution < 1.29 is 44.1 Å². The summed E-state index contributed by atoms with van der Waals surface area (Å²) in [5.41, 5.74) is 8.82. The Kier molecular flexibility index (Phi) is 6.42. The number of rotatable bonds is 1. The molecule has 0 saturated heterocycles. The fourth-order valence-electron chi connectivity index (χ4n) is 0.800. The van der Waals surface area contributed by atoms with E-state index in [-0.39, 0.29) is 50.6 Å². The van der Waals surface area contributed by atoms with Gasteiger partial charge in [0.1, 0.15) is 0 Å². The minimum Gasteiger partial charge on any atom is -0.674 e. The second kappa shape index (κ2) is 5.83. The van der Waals surface area contributed by atoms with E-state index in [4.69, 9.17) is 28.9 Å². The number of hydrogen-bond donors (Lipinski definition) is 0. The fourth-order valence-corrected chi connectivity index (χ4v) is 1.33. The first kappa shape index (κ1) is 13.2. The predicted molar refractivity (Wildman–Crippen MR) is 49.2 cm³/mol. The first-order valence-corrected chi connectivity index (χ1v) is 4.00. The monoisotopic (exact) mass is 415 g/mol. The Bertz CT molecular complexity index is 253. The van der Waals surface area contributed by atoms with Crippen LogP contribution >= 0.6 is 23.2 Å². The van der Waals surface area contributed by atoms with Gasteiger partial charge in [0, 0.05) is 54.1 Å². The molecule has 1 nitrogen and oxygen atoms in total. The van der Waals surface area contributed by atoms with Gasteiger partial charge in [-0.2, -0.15) is 0 Å². The molecule has 0 fully saturated rings. The van der Waals surface area contributed by atoms with Crippen molar-refractivity contribution >= 4 is 23.2 Å². The summed E-state index contributed by atoms with van der Waals surface area (Å²) in [4.78, 5) is 0. The average molecular weight is 416 g/mol. The zero-order chi connectivity index (χ0) is 8.43. The molecule has 0 atom stereocenters. The summed E-state index contributed by atoms with van der Waals surface area (Å²) in [6.07, 6.45) is 0. The summed E-state index contributed by atoms with van der Waals surface area (Å²) in [6, 6.07) is 3.55. The van der Waals surface area contributed by atoms with Crippen LogP contribution in [0.4, 0.5) is 0 Å². The maximum atomic E-state index is 7.09. The normalized spacial score (nSPS) is 9.33. The van der Waals surface area contributed by atoms with E-state index >= 15 is 0 Å². The van der Waals surface area contributed by atoms with E-state index in [0.717, 1.165) is 11.1 Å². The number of halogens is 2. The molecular formula is C8H8AcCl2N-. The van der Waals surface area contributed by atoms with E-state index in [9.17, 15) is 0 Å². The molecular weight excluding hydrogens is 408 g/mol. The second-order valence-corrected chi connectivity index (χ2v) is 3.18. The van der Waals surface area contributed by atoms with Gasteiger partial charge in [-0.05, 0) is 24.6 Å². The summed E-state index contributed by atoms with van der Waals surface area (Å²) in [6.45, 7) is 2.08. The topological polar surface area (TPSA) is 23.8 Å². The SMILES string of the molecule is Cc1c(Cl)cc(C[NH-])cc1Cl.[Ac]. The van der Waals surface area contributed by atoms with E-state index in [1.807, 2.05) is 6.92 Å². The van der Waals surface area contributed by atoms with E-state index in [0.29, 0.717) is 10.0 Å². The molecule has 12 heavy (non-hydrogen) atoms. The van der Waals surface area contributed by atoms with E-state index < -0.39 is 0 Å². The third kappa shape index (κ3) is 3.16. The largest absolute Gasteiger partial charge is 0.674 e. The third-order valence-corrected chi connectivity index (χ3v) is 2.33. The van der Waals surface area contributed by atoms with Gasteiger partial charge in [-0.15, -0.1) is 6.54 Å². The number of nitrogens with one attached hydrogen (secondary N) is 1. The molecule has 0 heterocycles. The minimum atomic E-state index is 0. The van der Waals surface area contributed by atoms with Crippen LogP contribution in [-0.4, -0.2) is 0 Å². The van der Waals surface area contributed by atoms with Gasteiger partial charge in [-0.25, -0.2) is 0 Å². The summed E-state index contributed by atoms with van der Waals surface area (Å²) >= 11 is 11.7. The van der Waals surface area contributed by atoms with Crippen molar-refractivity contribution in [3.63, 3.8) is 0 Å². The minimum absolute atomic E-state index is 0. The molecule has 1 aromatic rings. The molecule has 0 bridgehead atoms. The van der Waals surface area contributed by atoms with Crippen LogP contribution in [0.5, 0.6) is 0 Å². The predicted octanol–water partition coefficient (Wildman–Crippen LogP) is 3.85. The molecule has 0 aliphatic heterocycles. The van der Waals surface area contributed by atoms with Gasteiger partial charge in [0.25, 0.3) is 0 Å². The standard InChI is InChI=1S/C8H8Cl2N.Ac/c1-5-7(9)2-6(4-11)3-8(5)10;/h2-3,11H,4H2,1H3;/q-1;. The van der Waals surface area contributed by atoms with Crippen LogP contribution in [0, 0.1) is 51.0 Å². The van der Waals surface area contributed by atoms with Crippen LogP contribution in [0.2, 0.25) is 10.0 Å². The Morgan fingerprint density at radius 3 is 2.00 bits per heavy atom. The van der Waals surface area contributed by atoms with Gasteiger partial charge in [-0.3, -0.25) is 0 Å². The van der Waals surface area contributed by atoms with Crippen molar-refractivity contribution in [1.82, 2.24) is 0 Å². The van der Waals surface area contributed by atoms with Crippen LogP contribution in [0.15, 0.2) is 12.1 Å². The van der Waals surface area contributed by atoms with Crippen molar-refractivity contribution in [2.24, 2.45) is 0 Å². The average Bonchev–Trinajstić information content (AvgIpc) is 1.99. The molecule has 1 rings (SSSR count). The van der Waals surface area contributed by atoms with Crippen molar-refractivity contribution in [1.29, 1.82) is 0 Å². The molecule has 0 unspecified atom stereocenters. The van der Waals surface area contributed by atoms with E-state index in [1.165, 1.54) is 0 Å². The van der Waals surface area contributed by atoms with Gasteiger partial charge >= 0.3 is 0 Å². The van der Waals surface area contributed by atoms with Gasteiger partial charge in [0.15, 0.2) is 0 Å². The first-order chi connectivity index (χ1) is 5.15. The quantitative estimate of drug-likeness (QED) is 0.665. The van der Waals surface area contributed by atoms with Gasteiger partial charge in [0.2, 0.25) is 0 Å². The Morgan fingerprint density at radius 2 is 1.67 bits per heavy atom. The van der Waals surface area contributed by atoms with Crippen molar-refractivity contribution in [2.75, 3.05) is 0 Å². The zero-order valence-corrected chi connectivity index (χ0v) is 13.0. The van der Waals surface area contributed by atoms with Crippen molar-refractivity contribution in [2.45, 2.75) is 13.5 Å². The molecule has 1 radical (unpaired) electrons. The maximum absolute atomic E-state index is 7.09. The van der Waals surface area contributed by atoms with Gasteiger partial charge in [-0.1, -0.05) is 28.8 Å². The molecule has 0 spiro atoms. The second-order valence-electron chi connectivity index (χ2n) is 2.36. The summed E-state index contributed by atoms with van der Waals surface area (Å²) in [5.74, 6) is 0. The van der Waals surface area contributed by atoms with Crippen LogP contribution in [0.1, 0.15) is 11.1 Å².